The highest BCUT2D eigenvalue weighted by Gasteiger charge is 2.06. The number of nitrogens with one attached hydrogen (secondary N) is 2. The summed E-state index contributed by atoms with van der Waals surface area (Å²) < 4.78 is 12.9. The molecule has 0 bridgehead atoms. The van der Waals surface area contributed by atoms with E-state index in [2.05, 4.69) is 15.6 Å². The first-order valence-electron chi connectivity index (χ1n) is 8.38. The van der Waals surface area contributed by atoms with Gasteiger partial charge in [0.15, 0.2) is 5.78 Å². The molecule has 0 aliphatic rings. The number of carbonyl (C=O) groups excluding carboxylic acids is 2. The second-order valence-corrected chi connectivity index (χ2v) is 6.05. The van der Waals surface area contributed by atoms with Crippen molar-refractivity contribution in [3.8, 4) is 0 Å². The molecule has 0 atom stereocenters. The SMILES string of the molecule is CC(=O)c1cccc(Nc2ccc(NC(=O)Cc3ccc(F)cc3)cn2)c1. The Hall–Kier alpha value is -3.54. The van der Waals surface area contributed by atoms with Gasteiger partial charge in [0.2, 0.25) is 5.91 Å². The summed E-state index contributed by atoms with van der Waals surface area (Å²) in [5.41, 5.74) is 2.66. The zero-order chi connectivity index (χ0) is 19.2. The van der Waals surface area contributed by atoms with E-state index in [1.54, 1.807) is 48.7 Å². The fraction of sp³-hybridized carbons (Fsp3) is 0.0952. The fourth-order valence-electron chi connectivity index (χ4n) is 2.50. The summed E-state index contributed by atoms with van der Waals surface area (Å²) in [5, 5.41) is 5.87. The number of nitrogens with zero attached hydrogens (tertiary/aromatic N) is 1. The zero-order valence-electron chi connectivity index (χ0n) is 14.7. The number of benzene rings is 2. The Labute approximate surface area is 156 Å². The summed E-state index contributed by atoms with van der Waals surface area (Å²) in [7, 11) is 0. The summed E-state index contributed by atoms with van der Waals surface area (Å²) >= 11 is 0. The average Bonchev–Trinajstić information content (AvgIpc) is 2.65. The molecule has 136 valence electrons. The number of aromatic nitrogens is 1. The van der Waals surface area contributed by atoms with E-state index in [1.165, 1.54) is 19.1 Å². The van der Waals surface area contributed by atoms with E-state index >= 15 is 0 Å². The van der Waals surface area contributed by atoms with Crippen LogP contribution in [0.4, 0.5) is 21.6 Å². The monoisotopic (exact) mass is 363 g/mol. The molecule has 2 N–H and O–H groups in total. The lowest BCUT2D eigenvalue weighted by atomic mass is 10.1. The number of hydrogen-bond acceptors (Lipinski definition) is 4. The van der Waals surface area contributed by atoms with Crippen molar-refractivity contribution in [2.75, 3.05) is 10.6 Å². The van der Waals surface area contributed by atoms with Gasteiger partial charge in [-0.3, -0.25) is 9.59 Å². The normalized spacial score (nSPS) is 10.3. The van der Waals surface area contributed by atoms with E-state index in [4.69, 9.17) is 0 Å². The third-order valence-corrected chi connectivity index (χ3v) is 3.87. The van der Waals surface area contributed by atoms with Crippen LogP contribution in [0.5, 0.6) is 0 Å². The van der Waals surface area contributed by atoms with Gasteiger partial charge in [-0.2, -0.15) is 0 Å². The number of anilines is 3. The van der Waals surface area contributed by atoms with Gasteiger partial charge >= 0.3 is 0 Å². The van der Waals surface area contributed by atoms with Gasteiger partial charge in [0.25, 0.3) is 0 Å². The lowest BCUT2D eigenvalue weighted by Gasteiger charge is -2.09. The van der Waals surface area contributed by atoms with Crippen molar-refractivity contribution in [3.63, 3.8) is 0 Å². The minimum absolute atomic E-state index is 0.00850. The third-order valence-electron chi connectivity index (χ3n) is 3.87. The first kappa shape index (κ1) is 18.3. The van der Waals surface area contributed by atoms with E-state index in [9.17, 15) is 14.0 Å². The summed E-state index contributed by atoms with van der Waals surface area (Å²) in [6, 6.07) is 16.4. The van der Waals surface area contributed by atoms with Crippen LogP contribution in [0.15, 0.2) is 66.9 Å². The fourth-order valence-corrected chi connectivity index (χ4v) is 2.50. The predicted octanol–water partition coefficient (Wildman–Crippen LogP) is 4.35. The van der Waals surface area contributed by atoms with Crippen LogP contribution < -0.4 is 10.6 Å². The van der Waals surface area contributed by atoms with E-state index in [-0.39, 0.29) is 23.9 Å². The van der Waals surface area contributed by atoms with Crippen LogP contribution >= 0.6 is 0 Å². The predicted molar refractivity (Wildman–Crippen MR) is 103 cm³/mol. The molecule has 0 saturated heterocycles. The summed E-state index contributed by atoms with van der Waals surface area (Å²) in [6.07, 6.45) is 1.69. The Balaban J connectivity index is 1.60. The number of pyridine rings is 1. The maximum absolute atomic E-state index is 12.9. The van der Waals surface area contributed by atoms with Crippen molar-refractivity contribution >= 4 is 28.9 Å². The number of amides is 1. The minimum atomic E-state index is -0.333. The van der Waals surface area contributed by atoms with Crippen molar-refractivity contribution in [1.29, 1.82) is 0 Å². The molecular weight excluding hydrogens is 345 g/mol. The summed E-state index contributed by atoms with van der Waals surface area (Å²) in [6.45, 7) is 1.51. The van der Waals surface area contributed by atoms with Gasteiger partial charge in [0, 0.05) is 11.3 Å². The molecule has 1 aromatic heterocycles. The number of Topliss-reactive ketones (excluding diaryl/α,β-unsaturated/α-hetero) is 1. The molecule has 1 amide bonds. The van der Waals surface area contributed by atoms with Crippen molar-refractivity contribution in [1.82, 2.24) is 4.98 Å². The Morgan fingerprint density at radius 3 is 2.44 bits per heavy atom. The molecule has 3 rings (SSSR count). The number of rotatable bonds is 6. The van der Waals surface area contributed by atoms with E-state index < -0.39 is 0 Å². The van der Waals surface area contributed by atoms with E-state index in [0.29, 0.717) is 17.1 Å². The van der Waals surface area contributed by atoms with Gasteiger partial charge in [0.1, 0.15) is 11.6 Å². The number of carbonyl (C=O) groups is 2. The highest BCUT2D eigenvalue weighted by molar-refractivity contribution is 5.95. The first-order chi connectivity index (χ1) is 13.0. The van der Waals surface area contributed by atoms with Gasteiger partial charge < -0.3 is 10.6 Å². The largest absolute Gasteiger partial charge is 0.340 e. The van der Waals surface area contributed by atoms with Crippen LogP contribution in [0.25, 0.3) is 0 Å². The number of ketones is 1. The molecule has 0 aliphatic heterocycles. The average molecular weight is 363 g/mol. The second kappa shape index (κ2) is 8.23. The zero-order valence-corrected chi connectivity index (χ0v) is 14.7. The quantitative estimate of drug-likeness (QED) is 0.639. The van der Waals surface area contributed by atoms with Crippen LogP contribution in [0.3, 0.4) is 0 Å². The van der Waals surface area contributed by atoms with Gasteiger partial charge in [-0.15, -0.1) is 0 Å². The molecule has 27 heavy (non-hydrogen) atoms. The summed E-state index contributed by atoms with van der Waals surface area (Å²) in [4.78, 5) is 27.8. The third kappa shape index (κ3) is 5.22. The van der Waals surface area contributed by atoms with E-state index in [0.717, 1.165) is 11.3 Å². The van der Waals surface area contributed by atoms with Crippen LogP contribution in [0, 0.1) is 5.82 Å². The Morgan fingerprint density at radius 1 is 1.00 bits per heavy atom. The summed E-state index contributed by atoms with van der Waals surface area (Å²) in [5.74, 6) is 0.0385. The van der Waals surface area contributed by atoms with Crippen molar-refractivity contribution in [3.05, 3.63) is 83.8 Å². The smallest absolute Gasteiger partial charge is 0.228 e. The lowest BCUT2D eigenvalue weighted by molar-refractivity contribution is -0.115. The van der Waals surface area contributed by atoms with Crippen molar-refractivity contribution < 1.29 is 14.0 Å². The molecule has 1 heterocycles. The molecule has 3 aromatic rings. The van der Waals surface area contributed by atoms with Crippen LogP contribution in [-0.2, 0) is 11.2 Å². The standard InChI is InChI=1S/C21H18FN3O2/c1-14(26)16-3-2-4-18(12-16)24-20-10-9-19(13-23-20)25-21(27)11-15-5-7-17(22)8-6-15/h2-10,12-13H,11H2,1H3,(H,23,24)(H,25,27). The molecule has 6 heteroatoms. The van der Waals surface area contributed by atoms with Crippen LogP contribution in [0.2, 0.25) is 0 Å². The Morgan fingerprint density at radius 2 is 1.78 bits per heavy atom. The number of halogens is 1. The first-order valence-corrected chi connectivity index (χ1v) is 8.38. The van der Waals surface area contributed by atoms with Crippen LogP contribution in [0.1, 0.15) is 22.8 Å². The van der Waals surface area contributed by atoms with E-state index in [1.807, 2.05) is 6.07 Å². The van der Waals surface area contributed by atoms with Crippen molar-refractivity contribution in [2.45, 2.75) is 13.3 Å². The Bertz CT molecular complexity index is 954. The molecule has 0 spiro atoms. The molecular formula is C21H18FN3O2. The maximum Gasteiger partial charge on any atom is 0.228 e. The highest BCUT2D eigenvalue weighted by atomic mass is 19.1. The highest BCUT2D eigenvalue weighted by Crippen LogP contribution is 2.18. The van der Waals surface area contributed by atoms with Gasteiger partial charge in [-0.25, -0.2) is 9.37 Å². The molecule has 0 fully saturated rings. The van der Waals surface area contributed by atoms with Crippen molar-refractivity contribution in [2.24, 2.45) is 0 Å². The van der Waals surface area contributed by atoms with Gasteiger partial charge in [0.05, 0.1) is 18.3 Å². The molecule has 5 nitrogen and oxygen atoms in total. The molecule has 0 saturated carbocycles. The molecule has 0 aliphatic carbocycles. The topological polar surface area (TPSA) is 71.1 Å². The molecule has 2 aromatic carbocycles. The molecule has 0 unspecified atom stereocenters. The van der Waals surface area contributed by atoms with Crippen LogP contribution in [-0.4, -0.2) is 16.7 Å². The van der Waals surface area contributed by atoms with Gasteiger partial charge in [-0.05, 0) is 48.9 Å². The van der Waals surface area contributed by atoms with Gasteiger partial charge in [-0.1, -0.05) is 24.3 Å². The maximum atomic E-state index is 12.9. The molecule has 0 radical (unpaired) electrons. The lowest BCUT2D eigenvalue weighted by Crippen LogP contribution is -2.14. The minimum Gasteiger partial charge on any atom is -0.340 e. The number of hydrogen-bond donors (Lipinski definition) is 2. The second-order valence-electron chi connectivity index (χ2n) is 6.05. The Kier molecular flexibility index (Phi) is 5.56.